The van der Waals surface area contributed by atoms with E-state index >= 15 is 0 Å². The first kappa shape index (κ1) is 15.7. The lowest BCUT2D eigenvalue weighted by molar-refractivity contribution is 0.0904. The summed E-state index contributed by atoms with van der Waals surface area (Å²) in [7, 11) is 4.69. The molecule has 0 aromatic heterocycles. The van der Waals surface area contributed by atoms with Gasteiger partial charge in [0.1, 0.15) is 0 Å². The summed E-state index contributed by atoms with van der Waals surface area (Å²) in [4.78, 5) is 12.8. The largest absolute Gasteiger partial charge is 0.493 e. The molecule has 2 rings (SSSR count). The van der Waals surface area contributed by atoms with E-state index in [1.54, 1.807) is 33.5 Å². The number of ether oxygens (including phenoxy) is 3. The van der Waals surface area contributed by atoms with Crippen LogP contribution < -0.4 is 14.2 Å². The van der Waals surface area contributed by atoms with Gasteiger partial charge in [-0.2, -0.15) is 0 Å². The van der Waals surface area contributed by atoms with Gasteiger partial charge in [0.2, 0.25) is 5.75 Å². The SMILES string of the molecule is COc1ccc(C(=O)C2CCCCCC2)c(OC)c1OC. The van der Waals surface area contributed by atoms with E-state index in [0.29, 0.717) is 22.8 Å². The van der Waals surface area contributed by atoms with Crippen LogP contribution >= 0.6 is 0 Å². The summed E-state index contributed by atoms with van der Waals surface area (Å²) in [6.45, 7) is 0. The van der Waals surface area contributed by atoms with E-state index in [1.165, 1.54) is 12.8 Å². The van der Waals surface area contributed by atoms with Gasteiger partial charge in [-0.15, -0.1) is 0 Å². The summed E-state index contributed by atoms with van der Waals surface area (Å²) in [6.07, 6.45) is 6.66. The minimum absolute atomic E-state index is 0.0968. The molecule has 4 heteroatoms. The molecule has 0 aliphatic heterocycles. The number of benzene rings is 1. The average molecular weight is 292 g/mol. The molecular formula is C17H24O4. The fraction of sp³-hybridized carbons (Fsp3) is 0.588. The van der Waals surface area contributed by atoms with Gasteiger partial charge in [0.05, 0.1) is 26.9 Å². The van der Waals surface area contributed by atoms with Gasteiger partial charge in [0.25, 0.3) is 0 Å². The third kappa shape index (κ3) is 3.31. The molecule has 0 amide bonds. The topological polar surface area (TPSA) is 44.8 Å². The van der Waals surface area contributed by atoms with Gasteiger partial charge in [-0.25, -0.2) is 0 Å². The predicted octanol–water partition coefficient (Wildman–Crippen LogP) is 3.87. The number of hydrogen-bond donors (Lipinski definition) is 0. The molecule has 1 aromatic rings. The maximum atomic E-state index is 12.8. The quantitative estimate of drug-likeness (QED) is 0.610. The first-order valence-corrected chi connectivity index (χ1v) is 7.56. The molecule has 0 N–H and O–H groups in total. The predicted molar refractivity (Wildman–Crippen MR) is 81.6 cm³/mol. The first-order chi connectivity index (χ1) is 10.2. The molecule has 0 saturated heterocycles. The minimum Gasteiger partial charge on any atom is -0.493 e. The van der Waals surface area contributed by atoms with Crippen LogP contribution in [0.5, 0.6) is 17.2 Å². The van der Waals surface area contributed by atoms with E-state index in [-0.39, 0.29) is 11.7 Å². The van der Waals surface area contributed by atoms with Crippen molar-refractivity contribution in [3.63, 3.8) is 0 Å². The Hall–Kier alpha value is -1.71. The van der Waals surface area contributed by atoms with Gasteiger partial charge in [-0.3, -0.25) is 4.79 Å². The fourth-order valence-corrected chi connectivity index (χ4v) is 3.06. The van der Waals surface area contributed by atoms with Crippen LogP contribution in [0, 0.1) is 5.92 Å². The Bertz CT molecular complexity index is 488. The summed E-state index contributed by atoms with van der Waals surface area (Å²) in [6, 6.07) is 3.55. The third-order valence-electron chi connectivity index (χ3n) is 4.20. The number of carbonyl (C=O) groups is 1. The molecule has 21 heavy (non-hydrogen) atoms. The summed E-state index contributed by atoms with van der Waals surface area (Å²) in [5.74, 6) is 1.80. The van der Waals surface area contributed by atoms with Crippen molar-refractivity contribution in [2.24, 2.45) is 5.92 Å². The van der Waals surface area contributed by atoms with Crippen LogP contribution in [0.2, 0.25) is 0 Å². The summed E-state index contributed by atoms with van der Waals surface area (Å²) < 4.78 is 16.0. The Labute approximate surface area is 126 Å². The van der Waals surface area contributed by atoms with Gasteiger partial charge in [0.15, 0.2) is 17.3 Å². The molecule has 0 atom stereocenters. The van der Waals surface area contributed by atoms with Crippen molar-refractivity contribution < 1.29 is 19.0 Å². The van der Waals surface area contributed by atoms with Crippen LogP contribution in [0.15, 0.2) is 12.1 Å². The van der Waals surface area contributed by atoms with Crippen molar-refractivity contribution in [1.82, 2.24) is 0 Å². The van der Waals surface area contributed by atoms with Crippen LogP contribution in [0.3, 0.4) is 0 Å². The molecular weight excluding hydrogens is 268 g/mol. The number of rotatable bonds is 5. The Morgan fingerprint density at radius 3 is 2.05 bits per heavy atom. The number of hydrogen-bond acceptors (Lipinski definition) is 4. The molecule has 1 saturated carbocycles. The fourth-order valence-electron chi connectivity index (χ4n) is 3.06. The van der Waals surface area contributed by atoms with Crippen LogP contribution in [-0.4, -0.2) is 27.1 Å². The monoisotopic (exact) mass is 292 g/mol. The molecule has 1 aromatic carbocycles. The highest BCUT2D eigenvalue weighted by molar-refractivity contribution is 6.01. The van der Waals surface area contributed by atoms with Crippen LogP contribution in [0.25, 0.3) is 0 Å². The Morgan fingerprint density at radius 2 is 1.52 bits per heavy atom. The van der Waals surface area contributed by atoms with Crippen LogP contribution in [0.4, 0.5) is 0 Å². The number of methoxy groups -OCH3 is 3. The molecule has 1 aliphatic carbocycles. The number of ketones is 1. The molecule has 1 aliphatic rings. The summed E-state index contributed by atoms with van der Waals surface area (Å²) >= 11 is 0. The minimum atomic E-state index is 0.0968. The van der Waals surface area contributed by atoms with Crippen molar-refractivity contribution in [2.45, 2.75) is 38.5 Å². The Balaban J connectivity index is 2.35. The van der Waals surface area contributed by atoms with Crippen molar-refractivity contribution in [3.8, 4) is 17.2 Å². The van der Waals surface area contributed by atoms with Crippen molar-refractivity contribution in [1.29, 1.82) is 0 Å². The highest BCUT2D eigenvalue weighted by Gasteiger charge is 2.27. The molecule has 4 nitrogen and oxygen atoms in total. The highest BCUT2D eigenvalue weighted by atomic mass is 16.5. The van der Waals surface area contributed by atoms with E-state index in [9.17, 15) is 4.79 Å². The maximum absolute atomic E-state index is 12.8. The third-order valence-corrected chi connectivity index (χ3v) is 4.20. The molecule has 116 valence electrons. The lowest BCUT2D eigenvalue weighted by Crippen LogP contribution is -2.15. The van der Waals surface area contributed by atoms with E-state index in [1.807, 2.05) is 0 Å². The van der Waals surface area contributed by atoms with Crippen molar-refractivity contribution in [3.05, 3.63) is 17.7 Å². The molecule has 1 fully saturated rings. The zero-order chi connectivity index (χ0) is 15.2. The van der Waals surface area contributed by atoms with E-state index in [4.69, 9.17) is 14.2 Å². The van der Waals surface area contributed by atoms with E-state index < -0.39 is 0 Å². The molecule has 0 bridgehead atoms. The maximum Gasteiger partial charge on any atom is 0.204 e. The van der Waals surface area contributed by atoms with Crippen LogP contribution in [-0.2, 0) is 0 Å². The van der Waals surface area contributed by atoms with Gasteiger partial charge in [0, 0.05) is 5.92 Å². The van der Waals surface area contributed by atoms with Crippen molar-refractivity contribution >= 4 is 5.78 Å². The molecule has 0 radical (unpaired) electrons. The van der Waals surface area contributed by atoms with Gasteiger partial charge in [-0.05, 0) is 25.0 Å². The molecule has 0 spiro atoms. The summed E-state index contributed by atoms with van der Waals surface area (Å²) in [5, 5.41) is 0. The first-order valence-electron chi connectivity index (χ1n) is 7.56. The second-order valence-corrected chi connectivity index (χ2v) is 5.43. The second-order valence-electron chi connectivity index (χ2n) is 5.43. The van der Waals surface area contributed by atoms with E-state index in [0.717, 1.165) is 25.7 Å². The lowest BCUT2D eigenvalue weighted by Gasteiger charge is -2.18. The summed E-state index contributed by atoms with van der Waals surface area (Å²) in [5.41, 5.74) is 0.599. The smallest absolute Gasteiger partial charge is 0.204 e. The number of Topliss-reactive ketones (excluding diaryl/α,β-unsaturated/α-hetero) is 1. The standard InChI is InChI=1S/C17H24O4/c1-19-14-11-10-13(16(20-2)17(14)21-3)15(18)12-8-6-4-5-7-9-12/h10-12H,4-9H2,1-3H3. The second kappa shape index (κ2) is 7.34. The lowest BCUT2D eigenvalue weighted by atomic mass is 9.90. The van der Waals surface area contributed by atoms with Gasteiger partial charge < -0.3 is 14.2 Å². The number of carbonyl (C=O) groups excluding carboxylic acids is 1. The van der Waals surface area contributed by atoms with Crippen molar-refractivity contribution in [2.75, 3.05) is 21.3 Å². The Morgan fingerprint density at radius 1 is 0.905 bits per heavy atom. The zero-order valence-electron chi connectivity index (χ0n) is 13.1. The van der Waals surface area contributed by atoms with E-state index in [2.05, 4.69) is 0 Å². The molecule has 0 unspecified atom stereocenters. The highest BCUT2D eigenvalue weighted by Crippen LogP contribution is 2.41. The van der Waals surface area contributed by atoms with Gasteiger partial charge in [-0.1, -0.05) is 25.7 Å². The zero-order valence-corrected chi connectivity index (χ0v) is 13.1. The molecule has 0 heterocycles. The Kier molecular flexibility index (Phi) is 5.48. The normalized spacial score (nSPS) is 16.1. The van der Waals surface area contributed by atoms with Gasteiger partial charge >= 0.3 is 0 Å². The average Bonchev–Trinajstić information content (AvgIpc) is 2.81. The van der Waals surface area contributed by atoms with Crippen LogP contribution in [0.1, 0.15) is 48.9 Å².